The average Bonchev–Trinajstić information content (AvgIpc) is 4.03. The molecule has 0 aliphatic carbocycles. The molecular weight excluding hydrogens is 743 g/mol. The monoisotopic (exact) mass is 779 g/mol. The minimum Gasteiger partial charge on any atom is -0.309 e. The molecule has 5 heteroatoms. The Morgan fingerprint density at radius 1 is 0.230 bits per heavy atom. The second-order valence-corrected chi connectivity index (χ2v) is 15.5. The lowest BCUT2D eigenvalue weighted by atomic mass is 10.1. The average molecular weight is 780 g/mol. The molecule has 0 spiro atoms. The summed E-state index contributed by atoms with van der Waals surface area (Å²) in [6.07, 6.45) is 0. The van der Waals surface area contributed by atoms with Gasteiger partial charge in [0.15, 0.2) is 11.6 Å². The quantitative estimate of drug-likeness (QED) is 0.162. The highest BCUT2D eigenvalue weighted by Gasteiger charge is 2.22. The lowest BCUT2D eigenvalue weighted by molar-refractivity contribution is 1.07. The van der Waals surface area contributed by atoms with E-state index in [-0.39, 0.29) is 0 Å². The Morgan fingerprint density at radius 2 is 0.656 bits per heavy atom. The van der Waals surface area contributed by atoms with Gasteiger partial charge in [-0.3, -0.25) is 4.57 Å². The second kappa shape index (κ2) is 14.2. The molecule has 3 aromatic heterocycles. The SMILES string of the molecule is c1ccc(-c2cccc(-n3c4ccccc4c4cc(-c5nnc(-c6ccc7c8ccccc8n(-c8cccc(-c9ccccc9)c8)c7c6)n5-c5ccccc5)ccc43)c2)cc1. The first-order valence-electron chi connectivity index (χ1n) is 20.7. The number of hydrogen-bond acceptors (Lipinski definition) is 2. The van der Waals surface area contributed by atoms with E-state index in [1.807, 2.05) is 0 Å². The molecule has 0 fully saturated rings. The lowest BCUT2D eigenvalue weighted by Crippen LogP contribution is -2.01. The summed E-state index contributed by atoms with van der Waals surface area (Å²) < 4.78 is 6.95. The van der Waals surface area contributed by atoms with Crippen molar-refractivity contribution in [3.05, 3.63) is 224 Å². The van der Waals surface area contributed by atoms with Crippen LogP contribution in [0.15, 0.2) is 224 Å². The molecule has 0 unspecified atom stereocenters. The second-order valence-electron chi connectivity index (χ2n) is 15.5. The Labute approximate surface area is 352 Å². The summed E-state index contributed by atoms with van der Waals surface area (Å²) in [5, 5.41) is 14.7. The number of hydrogen-bond donors (Lipinski definition) is 0. The Kier molecular flexibility index (Phi) is 8.10. The minimum atomic E-state index is 0.776. The van der Waals surface area contributed by atoms with Crippen molar-refractivity contribution in [2.45, 2.75) is 0 Å². The van der Waals surface area contributed by atoms with Crippen molar-refractivity contribution in [1.82, 2.24) is 23.9 Å². The summed E-state index contributed by atoms with van der Waals surface area (Å²) >= 11 is 0. The van der Waals surface area contributed by atoms with Crippen molar-refractivity contribution in [2.24, 2.45) is 0 Å². The fourth-order valence-corrected chi connectivity index (χ4v) is 9.17. The van der Waals surface area contributed by atoms with Gasteiger partial charge < -0.3 is 9.13 Å². The predicted octanol–water partition coefficient (Wildman–Crippen LogP) is 14.1. The van der Waals surface area contributed by atoms with Gasteiger partial charge in [-0.2, -0.15) is 0 Å². The third-order valence-electron chi connectivity index (χ3n) is 12.0. The number of aromatic nitrogens is 5. The standard InChI is InChI=1S/C56H37N5/c1-4-16-38(17-5-1)40-20-14-24-45(34-40)59-52-29-13-11-27-48(52)50-36-42(31-33-53(50)59)55-57-58-56(61(55)44-22-8-3-9-23-44)43-30-32-49-47-26-10-12-28-51(47)60(54(49)37-43)46-25-15-21-41(35-46)39-18-6-2-7-19-39/h1-37H. The Morgan fingerprint density at radius 3 is 1.26 bits per heavy atom. The Hall–Kier alpha value is -8.28. The van der Waals surface area contributed by atoms with Gasteiger partial charge >= 0.3 is 0 Å². The van der Waals surface area contributed by atoms with Crippen LogP contribution in [-0.2, 0) is 0 Å². The van der Waals surface area contributed by atoms with Crippen LogP contribution >= 0.6 is 0 Å². The maximum atomic E-state index is 4.99. The zero-order valence-electron chi connectivity index (χ0n) is 33.1. The van der Waals surface area contributed by atoms with Gasteiger partial charge in [0.1, 0.15) is 0 Å². The zero-order chi connectivity index (χ0) is 40.3. The van der Waals surface area contributed by atoms with Gasteiger partial charge in [0.25, 0.3) is 0 Å². The number of para-hydroxylation sites is 3. The molecule has 61 heavy (non-hydrogen) atoms. The Bertz CT molecular complexity index is 3580. The van der Waals surface area contributed by atoms with Crippen LogP contribution in [-0.4, -0.2) is 23.9 Å². The zero-order valence-corrected chi connectivity index (χ0v) is 33.1. The highest BCUT2D eigenvalue weighted by molar-refractivity contribution is 6.11. The summed E-state index contributed by atoms with van der Waals surface area (Å²) in [5.41, 5.74) is 14.5. The highest BCUT2D eigenvalue weighted by atomic mass is 15.3. The van der Waals surface area contributed by atoms with Crippen LogP contribution in [0.1, 0.15) is 0 Å². The summed E-state index contributed by atoms with van der Waals surface area (Å²) in [4.78, 5) is 0. The predicted molar refractivity (Wildman–Crippen MR) is 252 cm³/mol. The summed E-state index contributed by atoms with van der Waals surface area (Å²) in [7, 11) is 0. The first-order valence-corrected chi connectivity index (χ1v) is 20.7. The minimum absolute atomic E-state index is 0.776. The number of benzene rings is 9. The van der Waals surface area contributed by atoms with E-state index in [2.05, 4.69) is 238 Å². The van der Waals surface area contributed by atoms with E-state index in [1.54, 1.807) is 0 Å². The van der Waals surface area contributed by atoms with Gasteiger partial charge in [0.05, 0.1) is 22.1 Å². The molecule has 12 rings (SSSR count). The van der Waals surface area contributed by atoms with Crippen molar-refractivity contribution in [2.75, 3.05) is 0 Å². The number of rotatable bonds is 7. The highest BCUT2D eigenvalue weighted by Crippen LogP contribution is 2.39. The van der Waals surface area contributed by atoms with Crippen molar-refractivity contribution >= 4 is 43.6 Å². The maximum Gasteiger partial charge on any atom is 0.168 e. The molecule has 3 heterocycles. The molecule has 0 amide bonds. The molecule has 5 nitrogen and oxygen atoms in total. The molecule has 0 bridgehead atoms. The van der Waals surface area contributed by atoms with Crippen LogP contribution in [0.2, 0.25) is 0 Å². The van der Waals surface area contributed by atoms with Crippen LogP contribution < -0.4 is 0 Å². The van der Waals surface area contributed by atoms with Crippen molar-refractivity contribution in [1.29, 1.82) is 0 Å². The molecule has 0 N–H and O–H groups in total. The summed E-state index contributed by atoms with van der Waals surface area (Å²) in [5.74, 6) is 1.56. The van der Waals surface area contributed by atoms with E-state index in [1.165, 1.54) is 38.4 Å². The van der Waals surface area contributed by atoms with Crippen LogP contribution in [0.5, 0.6) is 0 Å². The van der Waals surface area contributed by atoms with Gasteiger partial charge in [-0.1, -0.05) is 152 Å². The van der Waals surface area contributed by atoms with Gasteiger partial charge in [-0.15, -0.1) is 10.2 Å². The molecule has 9 aromatic carbocycles. The normalized spacial score (nSPS) is 11.6. The molecule has 0 aliphatic heterocycles. The molecule has 0 saturated carbocycles. The van der Waals surface area contributed by atoms with Gasteiger partial charge in [-0.25, -0.2) is 0 Å². The largest absolute Gasteiger partial charge is 0.309 e. The number of fused-ring (bicyclic) bond motifs is 6. The van der Waals surface area contributed by atoms with Gasteiger partial charge in [0.2, 0.25) is 0 Å². The third kappa shape index (κ3) is 5.78. The van der Waals surface area contributed by atoms with E-state index in [0.29, 0.717) is 0 Å². The fourth-order valence-electron chi connectivity index (χ4n) is 9.17. The van der Waals surface area contributed by atoms with Crippen LogP contribution in [0, 0.1) is 0 Å². The molecular formula is C56H37N5. The van der Waals surface area contributed by atoms with E-state index in [9.17, 15) is 0 Å². The first kappa shape index (κ1) is 34.7. The van der Waals surface area contributed by atoms with E-state index < -0.39 is 0 Å². The van der Waals surface area contributed by atoms with Gasteiger partial charge in [0, 0.05) is 49.7 Å². The summed E-state index contributed by atoms with van der Waals surface area (Å²) in [6, 6.07) is 80.0. The first-order chi connectivity index (χ1) is 30.3. The Balaban J connectivity index is 1.03. The summed E-state index contributed by atoms with van der Waals surface area (Å²) in [6.45, 7) is 0. The van der Waals surface area contributed by atoms with Crippen molar-refractivity contribution < 1.29 is 0 Å². The van der Waals surface area contributed by atoms with E-state index >= 15 is 0 Å². The third-order valence-corrected chi connectivity index (χ3v) is 12.0. The smallest absolute Gasteiger partial charge is 0.168 e. The fraction of sp³-hybridized carbons (Fsp3) is 0. The van der Waals surface area contributed by atoms with Crippen molar-refractivity contribution in [3.63, 3.8) is 0 Å². The van der Waals surface area contributed by atoms with Crippen LogP contribution in [0.25, 0.3) is 106 Å². The molecule has 0 saturated heterocycles. The molecule has 12 aromatic rings. The lowest BCUT2D eigenvalue weighted by Gasteiger charge is -2.13. The molecule has 0 atom stereocenters. The van der Waals surface area contributed by atoms with E-state index in [0.717, 1.165) is 67.3 Å². The van der Waals surface area contributed by atoms with Crippen LogP contribution in [0.4, 0.5) is 0 Å². The topological polar surface area (TPSA) is 40.6 Å². The van der Waals surface area contributed by atoms with Gasteiger partial charge in [-0.05, 0) is 95.1 Å². The number of nitrogens with zero attached hydrogens (tertiary/aromatic N) is 5. The maximum absolute atomic E-state index is 4.99. The molecule has 0 aliphatic rings. The molecule has 0 radical (unpaired) electrons. The molecule has 286 valence electrons. The van der Waals surface area contributed by atoms with E-state index in [4.69, 9.17) is 10.2 Å². The van der Waals surface area contributed by atoms with Crippen LogP contribution in [0.3, 0.4) is 0 Å². The van der Waals surface area contributed by atoms with Crippen molar-refractivity contribution in [3.8, 4) is 62.1 Å².